The molecule has 3 rings (SSSR count). The first-order chi connectivity index (χ1) is 12.9. The minimum atomic E-state index is -0.929. The van der Waals surface area contributed by atoms with Crippen molar-refractivity contribution in [2.24, 2.45) is 0 Å². The average Bonchev–Trinajstić information content (AvgIpc) is 3.21. The number of carbonyl (C=O) groups excluding carboxylic acids is 3. The monoisotopic (exact) mass is 403 g/mol. The zero-order valence-corrected chi connectivity index (χ0v) is 16.4. The number of H-pyrrole nitrogens is 1. The van der Waals surface area contributed by atoms with Crippen LogP contribution in [0.2, 0.25) is 4.34 Å². The summed E-state index contributed by atoms with van der Waals surface area (Å²) in [5.41, 5.74) is 2.11. The molecule has 0 aliphatic carbocycles. The van der Waals surface area contributed by atoms with E-state index in [1.165, 1.54) is 11.3 Å². The maximum atomic E-state index is 12.8. The zero-order chi connectivity index (χ0) is 19.6. The molecule has 0 saturated carbocycles. The van der Waals surface area contributed by atoms with Gasteiger partial charge in [-0.1, -0.05) is 29.8 Å². The van der Waals surface area contributed by atoms with Gasteiger partial charge in [-0.05, 0) is 32.0 Å². The molecule has 0 bridgehead atoms. The van der Waals surface area contributed by atoms with E-state index < -0.39 is 12.1 Å². The first kappa shape index (κ1) is 19.3. The summed E-state index contributed by atoms with van der Waals surface area (Å²) in [6.45, 7) is 3.36. The van der Waals surface area contributed by atoms with E-state index in [1.54, 1.807) is 19.1 Å². The van der Waals surface area contributed by atoms with E-state index in [0.29, 0.717) is 14.8 Å². The molecule has 1 atom stereocenters. The van der Waals surface area contributed by atoms with Gasteiger partial charge in [0.1, 0.15) is 0 Å². The number of hydrogen-bond acceptors (Lipinski definition) is 5. The molecule has 2 aromatic heterocycles. The van der Waals surface area contributed by atoms with Gasteiger partial charge in [0.2, 0.25) is 5.78 Å². The molecule has 0 radical (unpaired) electrons. The molecule has 7 heteroatoms. The fraction of sp³-hybridized carbons (Fsp3) is 0.250. The van der Waals surface area contributed by atoms with Crippen LogP contribution in [0.4, 0.5) is 0 Å². The van der Waals surface area contributed by atoms with Crippen LogP contribution < -0.4 is 0 Å². The third-order valence-electron chi connectivity index (χ3n) is 4.22. The molecule has 1 N–H and O–H groups in total. The molecule has 0 amide bonds. The normalized spacial score (nSPS) is 12.1. The van der Waals surface area contributed by atoms with Gasteiger partial charge in [0.15, 0.2) is 11.9 Å². The van der Waals surface area contributed by atoms with Gasteiger partial charge in [0.05, 0.1) is 15.6 Å². The van der Waals surface area contributed by atoms with Gasteiger partial charge >= 0.3 is 5.97 Å². The topological polar surface area (TPSA) is 76.2 Å². The van der Waals surface area contributed by atoms with Crippen LogP contribution in [0, 0.1) is 6.92 Å². The van der Waals surface area contributed by atoms with Crippen LogP contribution in [-0.4, -0.2) is 28.6 Å². The van der Waals surface area contributed by atoms with Crippen molar-refractivity contribution in [1.29, 1.82) is 0 Å². The number of aromatic nitrogens is 1. The summed E-state index contributed by atoms with van der Waals surface area (Å²) < 4.78 is 5.78. The zero-order valence-electron chi connectivity index (χ0n) is 14.9. The van der Waals surface area contributed by atoms with Crippen LogP contribution in [0.25, 0.3) is 10.9 Å². The van der Waals surface area contributed by atoms with Gasteiger partial charge in [-0.15, -0.1) is 11.3 Å². The summed E-state index contributed by atoms with van der Waals surface area (Å²) in [6, 6.07) is 10.7. The molecule has 3 aromatic rings. The standard InChI is InChI=1S/C20H18ClNO4S/c1-11-19(13-5-3-4-6-14(13)22-11)20(25)12(2)26-18(24)10-7-15(23)16-8-9-17(21)27-16/h3-6,8-9,12,22H,7,10H2,1-2H3/t12-/m1/s1. The minimum absolute atomic E-state index is 0.0166. The molecular weight excluding hydrogens is 386 g/mol. The maximum Gasteiger partial charge on any atom is 0.306 e. The lowest BCUT2D eigenvalue weighted by Crippen LogP contribution is -2.25. The highest BCUT2D eigenvalue weighted by atomic mass is 35.5. The van der Waals surface area contributed by atoms with Crippen LogP contribution in [-0.2, 0) is 9.53 Å². The predicted molar refractivity (Wildman–Crippen MR) is 106 cm³/mol. The first-order valence-corrected chi connectivity index (χ1v) is 9.66. The summed E-state index contributed by atoms with van der Waals surface area (Å²) in [5.74, 6) is -1.02. The van der Waals surface area contributed by atoms with Gasteiger partial charge in [-0.2, -0.15) is 0 Å². The number of carbonyl (C=O) groups is 3. The first-order valence-electron chi connectivity index (χ1n) is 8.46. The molecule has 0 aliphatic heterocycles. The molecule has 140 valence electrons. The Morgan fingerprint density at radius 3 is 2.59 bits per heavy atom. The van der Waals surface area contributed by atoms with Gasteiger partial charge in [0, 0.05) is 28.6 Å². The SMILES string of the molecule is Cc1[nH]c2ccccc2c1C(=O)[C@@H](C)OC(=O)CCC(=O)c1ccc(Cl)s1. The number of fused-ring (bicyclic) bond motifs is 1. The molecule has 2 heterocycles. The number of ketones is 2. The van der Waals surface area contributed by atoms with E-state index in [0.717, 1.165) is 16.6 Å². The third kappa shape index (κ3) is 4.28. The Labute approximate surface area is 165 Å². The lowest BCUT2D eigenvalue weighted by Gasteiger charge is -2.12. The molecular formula is C20H18ClNO4S. The van der Waals surface area contributed by atoms with E-state index >= 15 is 0 Å². The summed E-state index contributed by atoms with van der Waals surface area (Å²) in [7, 11) is 0. The highest BCUT2D eigenvalue weighted by molar-refractivity contribution is 7.18. The Hall–Kier alpha value is -2.44. The fourth-order valence-electron chi connectivity index (χ4n) is 2.91. The second kappa shape index (κ2) is 8.06. The number of hydrogen-bond donors (Lipinski definition) is 1. The molecule has 27 heavy (non-hydrogen) atoms. The lowest BCUT2D eigenvalue weighted by molar-refractivity contribution is -0.146. The second-order valence-electron chi connectivity index (χ2n) is 6.19. The van der Waals surface area contributed by atoms with Crippen molar-refractivity contribution in [2.75, 3.05) is 0 Å². The summed E-state index contributed by atoms with van der Waals surface area (Å²) >= 11 is 6.98. The summed E-state index contributed by atoms with van der Waals surface area (Å²) in [6.07, 6.45) is -0.997. The number of para-hydroxylation sites is 1. The Bertz CT molecular complexity index is 1020. The Kier molecular flexibility index (Phi) is 5.77. The molecule has 5 nitrogen and oxygen atoms in total. The van der Waals surface area contributed by atoms with Gasteiger partial charge in [-0.3, -0.25) is 14.4 Å². The number of Topliss-reactive ketones (excluding diaryl/α,β-unsaturated/α-hetero) is 2. The quantitative estimate of drug-likeness (QED) is 0.446. The Morgan fingerprint density at radius 1 is 1.15 bits per heavy atom. The van der Waals surface area contributed by atoms with E-state index in [4.69, 9.17) is 16.3 Å². The van der Waals surface area contributed by atoms with Crippen molar-refractivity contribution >= 4 is 51.4 Å². The van der Waals surface area contributed by atoms with Crippen molar-refractivity contribution in [3.8, 4) is 0 Å². The van der Waals surface area contributed by atoms with Crippen LogP contribution in [0.5, 0.6) is 0 Å². The molecule has 0 fully saturated rings. The number of aryl methyl sites for hydroxylation is 1. The van der Waals surface area contributed by atoms with Gasteiger partial charge in [-0.25, -0.2) is 0 Å². The van der Waals surface area contributed by atoms with E-state index in [1.807, 2.05) is 31.2 Å². The largest absolute Gasteiger partial charge is 0.454 e. The van der Waals surface area contributed by atoms with E-state index in [9.17, 15) is 14.4 Å². The number of esters is 1. The van der Waals surface area contributed by atoms with E-state index in [-0.39, 0.29) is 24.4 Å². The Balaban J connectivity index is 1.61. The number of ether oxygens (including phenoxy) is 1. The van der Waals surface area contributed by atoms with Crippen molar-refractivity contribution in [1.82, 2.24) is 4.98 Å². The van der Waals surface area contributed by atoms with Crippen LogP contribution in [0.15, 0.2) is 36.4 Å². The van der Waals surface area contributed by atoms with Gasteiger partial charge < -0.3 is 9.72 Å². The summed E-state index contributed by atoms with van der Waals surface area (Å²) in [5, 5.41) is 0.799. The number of benzene rings is 1. The summed E-state index contributed by atoms with van der Waals surface area (Å²) in [4.78, 5) is 40.5. The lowest BCUT2D eigenvalue weighted by atomic mass is 10.0. The molecule has 0 saturated heterocycles. The highest BCUT2D eigenvalue weighted by Crippen LogP contribution is 2.25. The molecule has 1 aromatic carbocycles. The number of halogens is 1. The maximum absolute atomic E-state index is 12.8. The van der Waals surface area contributed by atoms with Gasteiger partial charge in [0.25, 0.3) is 0 Å². The second-order valence-corrected chi connectivity index (χ2v) is 7.91. The number of rotatable bonds is 7. The smallest absolute Gasteiger partial charge is 0.306 e. The highest BCUT2D eigenvalue weighted by Gasteiger charge is 2.24. The number of thiophene rings is 1. The van der Waals surface area contributed by atoms with Crippen molar-refractivity contribution in [2.45, 2.75) is 32.8 Å². The minimum Gasteiger partial charge on any atom is -0.454 e. The number of nitrogens with one attached hydrogen (secondary N) is 1. The number of aromatic amines is 1. The predicted octanol–water partition coefficient (Wildman–Crippen LogP) is 4.97. The third-order valence-corrected chi connectivity index (χ3v) is 5.49. The molecule has 0 aliphatic rings. The van der Waals surface area contributed by atoms with Crippen molar-refractivity contribution < 1.29 is 19.1 Å². The van der Waals surface area contributed by atoms with Crippen LogP contribution >= 0.6 is 22.9 Å². The van der Waals surface area contributed by atoms with E-state index in [2.05, 4.69) is 4.98 Å². The fourth-order valence-corrected chi connectivity index (χ4v) is 3.92. The average molecular weight is 404 g/mol. The Morgan fingerprint density at radius 2 is 1.89 bits per heavy atom. The molecule has 0 unspecified atom stereocenters. The van der Waals surface area contributed by atoms with Crippen LogP contribution in [0.3, 0.4) is 0 Å². The molecule has 0 spiro atoms. The van der Waals surface area contributed by atoms with Crippen LogP contribution in [0.1, 0.15) is 45.5 Å². The van der Waals surface area contributed by atoms with Crippen molar-refractivity contribution in [3.05, 3.63) is 56.9 Å². The van der Waals surface area contributed by atoms with Crippen molar-refractivity contribution in [3.63, 3.8) is 0 Å².